The van der Waals surface area contributed by atoms with Gasteiger partial charge in [0.2, 0.25) is 0 Å². The third kappa shape index (κ3) is 5.45. The van der Waals surface area contributed by atoms with Crippen molar-refractivity contribution in [1.82, 2.24) is 5.32 Å². The van der Waals surface area contributed by atoms with Crippen LogP contribution >= 0.6 is 12.4 Å². The van der Waals surface area contributed by atoms with Crippen molar-refractivity contribution in [3.8, 4) is 0 Å². The molecule has 2 aromatic rings. The fourth-order valence-corrected chi connectivity index (χ4v) is 3.64. The fourth-order valence-electron chi connectivity index (χ4n) is 2.32. The van der Waals surface area contributed by atoms with E-state index in [9.17, 15) is 13.2 Å². The van der Waals surface area contributed by atoms with Crippen molar-refractivity contribution >= 4 is 34.0 Å². The van der Waals surface area contributed by atoms with Crippen LogP contribution in [-0.4, -0.2) is 26.9 Å². The fraction of sp³-hybridized carbons (Fsp3) is 0.278. The molecular weight excluding hydrogens is 374 g/mol. The van der Waals surface area contributed by atoms with E-state index in [2.05, 4.69) is 10.0 Å². The van der Waals surface area contributed by atoms with E-state index in [1.165, 1.54) is 6.07 Å². The molecular formula is C18H24ClN3O3S. The van der Waals surface area contributed by atoms with Gasteiger partial charge in [0.05, 0.1) is 4.90 Å². The minimum absolute atomic E-state index is 0. The van der Waals surface area contributed by atoms with Crippen LogP contribution in [0.15, 0.2) is 47.4 Å². The van der Waals surface area contributed by atoms with E-state index >= 15 is 0 Å². The average molecular weight is 398 g/mol. The number of halogens is 1. The number of rotatable bonds is 6. The van der Waals surface area contributed by atoms with E-state index in [1.807, 2.05) is 13.0 Å². The summed E-state index contributed by atoms with van der Waals surface area (Å²) in [7, 11) is -3.81. The molecule has 1 amide bonds. The molecule has 0 bridgehead atoms. The summed E-state index contributed by atoms with van der Waals surface area (Å²) < 4.78 is 28.0. The van der Waals surface area contributed by atoms with Gasteiger partial charge in [0.15, 0.2) is 0 Å². The van der Waals surface area contributed by atoms with Gasteiger partial charge in [-0.2, -0.15) is 0 Å². The number of carbonyl (C=O) groups excluding carboxylic acids is 1. The number of hydrogen-bond acceptors (Lipinski definition) is 4. The van der Waals surface area contributed by atoms with Crippen LogP contribution in [0.2, 0.25) is 0 Å². The van der Waals surface area contributed by atoms with Gasteiger partial charge in [-0.15, -0.1) is 12.4 Å². The molecule has 26 heavy (non-hydrogen) atoms. The molecule has 8 heteroatoms. The van der Waals surface area contributed by atoms with E-state index in [0.717, 1.165) is 5.56 Å². The first kappa shape index (κ1) is 22.0. The first-order chi connectivity index (χ1) is 11.7. The zero-order chi connectivity index (χ0) is 18.6. The lowest BCUT2D eigenvalue weighted by atomic mass is 10.1. The largest absolute Gasteiger partial charge is 0.348 e. The molecule has 2 rings (SSSR count). The van der Waals surface area contributed by atoms with Gasteiger partial charge in [0, 0.05) is 23.8 Å². The highest BCUT2D eigenvalue weighted by Crippen LogP contribution is 2.21. The highest BCUT2D eigenvalue weighted by Gasteiger charge is 2.20. The number of amides is 1. The highest BCUT2D eigenvalue weighted by atomic mass is 35.5. The zero-order valence-electron chi connectivity index (χ0n) is 14.9. The van der Waals surface area contributed by atoms with E-state index in [-0.39, 0.29) is 34.8 Å². The van der Waals surface area contributed by atoms with Gasteiger partial charge in [-0.1, -0.05) is 18.2 Å². The summed E-state index contributed by atoms with van der Waals surface area (Å²) >= 11 is 0. The van der Waals surface area contributed by atoms with Crippen molar-refractivity contribution < 1.29 is 13.2 Å². The second-order valence-corrected chi connectivity index (χ2v) is 7.72. The van der Waals surface area contributed by atoms with Gasteiger partial charge in [0.25, 0.3) is 15.9 Å². The predicted octanol–water partition coefficient (Wildman–Crippen LogP) is 2.60. The minimum Gasteiger partial charge on any atom is -0.348 e. The Balaban J connectivity index is 0.00000338. The summed E-state index contributed by atoms with van der Waals surface area (Å²) in [4.78, 5) is 12.3. The van der Waals surface area contributed by atoms with Crippen LogP contribution in [0.3, 0.4) is 0 Å². The molecule has 0 aliphatic rings. The van der Waals surface area contributed by atoms with Crippen molar-refractivity contribution in [2.75, 3.05) is 11.3 Å². The second-order valence-electron chi connectivity index (χ2n) is 6.07. The Labute approximate surface area is 160 Å². The lowest BCUT2D eigenvalue weighted by Crippen LogP contribution is -2.37. The first-order valence-corrected chi connectivity index (χ1v) is 9.42. The SMILES string of the molecule is Cc1cccc(NS(=O)(=O)c2cc(C(=O)N[C@@H](C)CN)ccc2C)c1.Cl. The summed E-state index contributed by atoms with van der Waals surface area (Å²) in [6, 6.07) is 11.5. The van der Waals surface area contributed by atoms with Crippen LogP contribution < -0.4 is 15.8 Å². The van der Waals surface area contributed by atoms with Gasteiger partial charge < -0.3 is 11.1 Å². The third-order valence-corrected chi connectivity index (χ3v) is 5.26. The van der Waals surface area contributed by atoms with Gasteiger partial charge >= 0.3 is 0 Å². The lowest BCUT2D eigenvalue weighted by molar-refractivity contribution is 0.0941. The Kier molecular flexibility index (Phi) is 7.62. The Hall–Kier alpha value is -2.09. The van der Waals surface area contributed by atoms with Crippen LogP contribution in [0, 0.1) is 13.8 Å². The molecule has 0 saturated heterocycles. The normalized spacial score (nSPS) is 12.0. The van der Waals surface area contributed by atoms with Crippen molar-refractivity contribution in [1.29, 1.82) is 0 Å². The van der Waals surface area contributed by atoms with Crippen molar-refractivity contribution in [3.05, 3.63) is 59.2 Å². The molecule has 0 heterocycles. The maximum Gasteiger partial charge on any atom is 0.262 e. The first-order valence-electron chi connectivity index (χ1n) is 7.94. The topological polar surface area (TPSA) is 101 Å². The third-order valence-electron chi connectivity index (χ3n) is 3.74. The summed E-state index contributed by atoms with van der Waals surface area (Å²) in [6.07, 6.45) is 0. The Morgan fingerprint density at radius 1 is 1.15 bits per heavy atom. The molecule has 0 aliphatic carbocycles. The quantitative estimate of drug-likeness (QED) is 0.697. The van der Waals surface area contributed by atoms with E-state index in [0.29, 0.717) is 17.8 Å². The van der Waals surface area contributed by atoms with Crippen LogP contribution in [0.5, 0.6) is 0 Å². The number of carbonyl (C=O) groups is 1. The summed E-state index contributed by atoms with van der Waals surface area (Å²) in [6.45, 7) is 5.66. The summed E-state index contributed by atoms with van der Waals surface area (Å²) in [5, 5.41) is 2.72. The maximum atomic E-state index is 12.7. The van der Waals surface area contributed by atoms with Crippen molar-refractivity contribution in [2.45, 2.75) is 31.7 Å². The Morgan fingerprint density at radius 2 is 1.85 bits per heavy atom. The molecule has 0 spiro atoms. The molecule has 1 atom stereocenters. The molecule has 0 unspecified atom stereocenters. The molecule has 142 valence electrons. The van der Waals surface area contributed by atoms with Crippen LogP contribution in [-0.2, 0) is 10.0 Å². The van der Waals surface area contributed by atoms with E-state index < -0.39 is 10.0 Å². The molecule has 2 aromatic carbocycles. The van der Waals surface area contributed by atoms with Gasteiger partial charge in [-0.05, 0) is 56.2 Å². The molecule has 0 radical (unpaired) electrons. The van der Waals surface area contributed by atoms with Gasteiger partial charge in [0.1, 0.15) is 0 Å². The number of hydrogen-bond donors (Lipinski definition) is 3. The smallest absolute Gasteiger partial charge is 0.262 e. The van der Waals surface area contributed by atoms with Crippen LogP contribution in [0.1, 0.15) is 28.4 Å². The van der Waals surface area contributed by atoms with Crippen LogP contribution in [0.25, 0.3) is 0 Å². The number of nitrogens with one attached hydrogen (secondary N) is 2. The van der Waals surface area contributed by atoms with E-state index in [4.69, 9.17) is 5.73 Å². The van der Waals surface area contributed by atoms with Gasteiger partial charge in [-0.25, -0.2) is 8.42 Å². The van der Waals surface area contributed by atoms with E-state index in [1.54, 1.807) is 44.2 Å². The second kappa shape index (κ2) is 9.02. The molecule has 6 nitrogen and oxygen atoms in total. The molecule has 0 aromatic heterocycles. The van der Waals surface area contributed by atoms with Gasteiger partial charge in [-0.3, -0.25) is 9.52 Å². The average Bonchev–Trinajstić information content (AvgIpc) is 2.54. The Bertz CT molecular complexity index is 885. The lowest BCUT2D eigenvalue weighted by Gasteiger charge is -2.14. The molecule has 0 fully saturated rings. The minimum atomic E-state index is -3.81. The number of benzene rings is 2. The molecule has 0 aliphatic heterocycles. The van der Waals surface area contributed by atoms with Crippen LogP contribution in [0.4, 0.5) is 5.69 Å². The monoisotopic (exact) mass is 397 g/mol. The predicted molar refractivity (Wildman–Crippen MR) is 106 cm³/mol. The van der Waals surface area contributed by atoms with Crippen molar-refractivity contribution in [2.24, 2.45) is 5.73 Å². The maximum absolute atomic E-state index is 12.7. The number of aryl methyl sites for hydroxylation is 2. The summed E-state index contributed by atoms with van der Waals surface area (Å²) in [5.74, 6) is -0.357. The molecule has 4 N–H and O–H groups in total. The summed E-state index contributed by atoms with van der Waals surface area (Å²) in [5.41, 5.74) is 7.75. The zero-order valence-corrected chi connectivity index (χ0v) is 16.6. The standard InChI is InChI=1S/C18H23N3O3S.ClH/c1-12-5-4-6-16(9-12)21-25(23,24)17-10-15(8-7-13(17)2)18(22)20-14(3)11-19;/h4-10,14,21H,11,19H2,1-3H3,(H,20,22);1H/t14-;/m0./s1. The Morgan fingerprint density at radius 3 is 2.46 bits per heavy atom. The number of nitrogens with two attached hydrogens (primary N) is 1. The highest BCUT2D eigenvalue weighted by molar-refractivity contribution is 7.92. The molecule has 0 saturated carbocycles. The van der Waals surface area contributed by atoms with Crippen molar-refractivity contribution in [3.63, 3.8) is 0 Å². The number of sulfonamides is 1. The number of anilines is 1.